The van der Waals surface area contributed by atoms with E-state index in [9.17, 15) is 4.79 Å². The Morgan fingerprint density at radius 1 is 1.75 bits per heavy atom. The van der Waals surface area contributed by atoms with Gasteiger partial charge in [0.2, 0.25) is 6.41 Å². The number of amides is 1. The van der Waals surface area contributed by atoms with E-state index in [0.717, 1.165) is 19.4 Å². The number of hydrogen-bond acceptors (Lipinski definition) is 2. The molecule has 0 aromatic carbocycles. The highest BCUT2D eigenvalue weighted by Gasteiger charge is 2.25. The molecule has 12 heavy (non-hydrogen) atoms. The van der Waals surface area contributed by atoms with Crippen molar-refractivity contribution in [1.82, 2.24) is 4.90 Å². The molecule has 0 saturated carbocycles. The monoisotopic (exact) mass is 171 g/mol. The normalized spacial score (nSPS) is 26.8. The van der Waals surface area contributed by atoms with Gasteiger partial charge in [0.05, 0.1) is 19.3 Å². The zero-order valence-corrected chi connectivity index (χ0v) is 7.82. The van der Waals surface area contributed by atoms with Gasteiger partial charge in [0.15, 0.2) is 0 Å². The lowest BCUT2D eigenvalue weighted by atomic mass is 9.98. The second-order valence-corrected chi connectivity index (χ2v) is 3.37. The van der Waals surface area contributed by atoms with Crippen molar-refractivity contribution in [3.63, 3.8) is 0 Å². The summed E-state index contributed by atoms with van der Waals surface area (Å²) in [4.78, 5) is 12.5. The van der Waals surface area contributed by atoms with Gasteiger partial charge >= 0.3 is 0 Å². The molecule has 1 amide bonds. The number of rotatable bonds is 3. The average Bonchev–Trinajstić information content (AvgIpc) is 2.16. The molecule has 1 rings (SSSR count). The Kier molecular flexibility index (Phi) is 3.53. The SMILES string of the molecule is CCC(C)C1COCCN1C=O. The number of morpholine rings is 1. The van der Waals surface area contributed by atoms with Crippen LogP contribution in [0.3, 0.4) is 0 Å². The van der Waals surface area contributed by atoms with E-state index < -0.39 is 0 Å². The Bertz CT molecular complexity index is 149. The molecule has 1 fully saturated rings. The Labute approximate surface area is 73.7 Å². The van der Waals surface area contributed by atoms with Crippen molar-refractivity contribution in [2.24, 2.45) is 5.92 Å². The van der Waals surface area contributed by atoms with Gasteiger partial charge < -0.3 is 9.64 Å². The predicted molar refractivity (Wildman–Crippen MR) is 46.8 cm³/mol. The van der Waals surface area contributed by atoms with E-state index in [2.05, 4.69) is 13.8 Å². The Balaban J connectivity index is 2.51. The van der Waals surface area contributed by atoms with Gasteiger partial charge in [-0.1, -0.05) is 20.3 Å². The highest BCUT2D eigenvalue weighted by molar-refractivity contribution is 5.48. The Hall–Kier alpha value is -0.570. The van der Waals surface area contributed by atoms with Crippen LogP contribution in [0.4, 0.5) is 0 Å². The van der Waals surface area contributed by atoms with Gasteiger partial charge in [0.1, 0.15) is 0 Å². The molecule has 1 heterocycles. The third kappa shape index (κ3) is 1.97. The molecule has 70 valence electrons. The van der Waals surface area contributed by atoms with Crippen molar-refractivity contribution in [2.45, 2.75) is 26.3 Å². The summed E-state index contributed by atoms with van der Waals surface area (Å²) < 4.78 is 5.34. The van der Waals surface area contributed by atoms with Crippen LogP contribution in [-0.4, -0.2) is 37.1 Å². The molecule has 1 aliphatic heterocycles. The van der Waals surface area contributed by atoms with Crippen LogP contribution in [0.5, 0.6) is 0 Å². The lowest BCUT2D eigenvalue weighted by Crippen LogP contribution is -2.47. The summed E-state index contributed by atoms with van der Waals surface area (Å²) in [6.07, 6.45) is 2.04. The molecule has 0 spiro atoms. The smallest absolute Gasteiger partial charge is 0.210 e. The first-order chi connectivity index (χ1) is 5.79. The van der Waals surface area contributed by atoms with Crippen LogP contribution in [0.2, 0.25) is 0 Å². The third-order valence-corrected chi connectivity index (χ3v) is 2.64. The van der Waals surface area contributed by atoms with Crippen molar-refractivity contribution < 1.29 is 9.53 Å². The molecule has 3 heteroatoms. The molecule has 1 saturated heterocycles. The van der Waals surface area contributed by atoms with E-state index in [1.807, 2.05) is 4.90 Å². The summed E-state index contributed by atoms with van der Waals surface area (Å²) in [6.45, 7) is 6.44. The molecule has 1 aliphatic rings. The second-order valence-electron chi connectivity index (χ2n) is 3.37. The lowest BCUT2D eigenvalue weighted by Gasteiger charge is -2.36. The molecule has 3 nitrogen and oxygen atoms in total. The Morgan fingerprint density at radius 3 is 3.08 bits per heavy atom. The maximum atomic E-state index is 10.7. The van der Waals surface area contributed by atoms with Gasteiger partial charge in [-0.15, -0.1) is 0 Å². The second kappa shape index (κ2) is 4.45. The molecule has 0 aromatic heterocycles. The topological polar surface area (TPSA) is 29.5 Å². The van der Waals surface area contributed by atoms with E-state index in [1.165, 1.54) is 0 Å². The van der Waals surface area contributed by atoms with Gasteiger partial charge in [0, 0.05) is 6.54 Å². The fourth-order valence-corrected chi connectivity index (χ4v) is 1.53. The summed E-state index contributed by atoms with van der Waals surface area (Å²) in [5, 5.41) is 0. The molecular weight excluding hydrogens is 154 g/mol. The van der Waals surface area contributed by atoms with Gasteiger partial charge in [-0.25, -0.2) is 0 Å². The van der Waals surface area contributed by atoms with Crippen molar-refractivity contribution in [3.05, 3.63) is 0 Å². The molecular formula is C9H17NO2. The zero-order chi connectivity index (χ0) is 8.97. The van der Waals surface area contributed by atoms with E-state index in [1.54, 1.807) is 0 Å². The predicted octanol–water partition coefficient (Wildman–Crippen LogP) is 0.890. The van der Waals surface area contributed by atoms with Gasteiger partial charge in [-0.2, -0.15) is 0 Å². The van der Waals surface area contributed by atoms with E-state index in [4.69, 9.17) is 4.74 Å². The fraction of sp³-hybridized carbons (Fsp3) is 0.889. The summed E-state index contributed by atoms with van der Waals surface area (Å²) in [7, 11) is 0. The summed E-state index contributed by atoms with van der Waals surface area (Å²) in [5.41, 5.74) is 0. The van der Waals surface area contributed by atoms with Crippen LogP contribution in [-0.2, 0) is 9.53 Å². The van der Waals surface area contributed by atoms with Gasteiger partial charge in [0.25, 0.3) is 0 Å². The third-order valence-electron chi connectivity index (χ3n) is 2.64. The molecule has 0 aliphatic carbocycles. The Morgan fingerprint density at radius 2 is 2.50 bits per heavy atom. The van der Waals surface area contributed by atoms with Crippen LogP contribution in [0, 0.1) is 5.92 Å². The first-order valence-electron chi connectivity index (χ1n) is 4.58. The highest BCUT2D eigenvalue weighted by Crippen LogP contribution is 2.16. The van der Waals surface area contributed by atoms with Gasteiger partial charge in [-0.05, 0) is 5.92 Å². The summed E-state index contributed by atoms with van der Waals surface area (Å²) >= 11 is 0. The number of nitrogens with zero attached hydrogens (tertiary/aromatic N) is 1. The zero-order valence-electron chi connectivity index (χ0n) is 7.82. The summed E-state index contributed by atoms with van der Waals surface area (Å²) in [6, 6.07) is 0.293. The largest absolute Gasteiger partial charge is 0.377 e. The van der Waals surface area contributed by atoms with E-state index >= 15 is 0 Å². The number of carbonyl (C=O) groups excluding carboxylic acids is 1. The van der Waals surface area contributed by atoms with Gasteiger partial charge in [-0.3, -0.25) is 4.79 Å². The minimum absolute atomic E-state index is 0.293. The fourth-order valence-electron chi connectivity index (χ4n) is 1.53. The maximum Gasteiger partial charge on any atom is 0.210 e. The number of carbonyl (C=O) groups is 1. The standard InChI is InChI=1S/C9H17NO2/c1-3-8(2)9-6-12-5-4-10(9)7-11/h7-9H,3-6H2,1-2H3. The van der Waals surface area contributed by atoms with Crippen molar-refractivity contribution in [1.29, 1.82) is 0 Å². The van der Waals surface area contributed by atoms with E-state index in [-0.39, 0.29) is 0 Å². The van der Waals surface area contributed by atoms with Crippen LogP contribution < -0.4 is 0 Å². The van der Waals surface area contributed by atoms with E-state index in [0.29, 0.717) is 25.2 Å². The highest BCUT2D eigenvalue weighted by atomic mass is 16.5. The van der Waals surface area contributed by atoms with Crippen LogP contribution in [0.15, 0.2) is 0 Å². The lowest BCUT2D eigenvalue weighted by molar-refractivity contribution is -0.128. The molecule has 2 atom stereocenters. The van der Waals surface area contributed by atoms with Crippen molar-refractivity contribution in [2.75, 3.05) is 19.8 Å². The first-order valence-corrected chi connectivity index (χ1v) is 4.58. The van der Waals surface area contributed by atoms with Crippen molar-refractivity contribution >= 4 is 6.41 Å². The molecule has 0 radical (unpaired) electrons. The van der Waals surface area contributed by atoms with Crippen molar-refractivity contribution in [3.8, 4) is 0 Å². The molecule has 0 N–H and O–H groups in total. The quantitative estimate of drug-likeness (QED) is 0.590. The van der Waals surface area contributed by atoms with Crippen LogP contribution in [0.1, 0.15) is 20.3 Å². The number of hydrogen-bond donors (Lipinski definition) is 0. The molecule has 0 bridgehead atoms. The minimum atomic E-state index is 0.293. The maximum absolute atomic E-state index is 10.7. The first kappa shape index (κ1) is 9.52. The minimum Gasteiger partial charge on any atom is -0.377 e. The number of ether oxygens (including phenoxy) is 1. The average molecular weight is 171 g/mol. The summed E-state index contributed by atoms with van der Waals surface area (Å²) in [5.74, 6) is 0.537. The molecule has 0 aromatic rings. The molecule has 2 unspecified atom stereocenters. The van der Waals surface area contributed by atoms with Crippen LogP contribution >= 0.6 is 0 Å². The van der Waals surface area contributed by atoms with Crippen LogP contribution in [0.25, 0.3) is 0 Å².